The first-order chi connectivity index (χ1) is 11.2. The lowest BCUT2D eigenvalue weighted by atomic mass is 9.85. The van der Waals surface area contributed by atoms with Crippen LogP contribution in [-0.4, -0.2) is 22.0 Å². The molecule has 0 spiro atoms. The van der Waals surface area contributed by atoms with Gasteiger partial charge in [-0.05, 0) is 24.3 Å². The average Bonchev–Trinajstić information content (AvgIpc) is 3.00. The van der Waals surface area contributed by atoms with Gasteiger partial charge in [0.25, 0.3) is 0 Å². The number of fused-ring (bicyclic) bond motifs is 1. The third-order valence-corrected chi connectivity index (χ3v) is 3.95. The van der Waals surface area contributed by atoms with Crippen molar-refractivity contribution in [2.24, 2.45) is 16.0 Å². The van der Waals surface area contributed by atoms with Crippen molar-refractivity contribution < 1.29 is 4.39 Å². The summed E-state index contributed by atoms with van der Waals surface area (Å²) < 4.78 is 13.1. The van der Waals surface area contributed by atoms with E-state index < -0.39 is 0 Å². The van der Waals surface area contributed by atoms with Crippen molar-refractivity contribution in [1.82, 2.24) is 9.97 Å². The molecule has 0 saturated carbocycles. The van der Waals surface area contributed by atoms with E-state index in [1.807, 2.05) is 12.3 Å². The molecular formula is C16H13FN6. The van der Waals surface area contributed by atoms with Gasteiger partial charge < -0.3 is 5.73 Å². The number of aliphatic imine (C=N–C) groups is 1. The van der Waals surface area contributed by atoms with Crippen LogP contribution in [0.1, 0.15) is 11.5 Å². The highest BCUT2D eigenvalue weighted by molar-refractivity contribution is 6.12. The maximum absolute atomic E-state index is 13.1. The summed E-state index contributed by atoms with van der Waals surface area (Å²) in [5, 5.41) is 6.13. The van der Waals surface area contributed by atoms with E-state index in [-0.39, 0.29) is 17.7 Å². The van der Waals surface area contributed by atoms with Gasteiger partial charge in [0.15, 0.2) is 0 Å². The molecule has 0 saturated heterocycles. The number of nitrogens with zero attached hydrogens (tertiary/aromatic N) is 5. The van der Waals surface area contributed by atoms with E-state index in [1.165, 1.54) is 18.5 Å². The largest absolute Gasteiger partial charge is 0.383 e. The van der Waals surface area contributed by atoms with Gasteiger partial charge in [-0.25, -0.2) is 24.4 Å². The molecule has 0 aliphatic carbocycles. The van der Waals surface area contributed by atoms with Crippen molar-refractivity contribution in [3.05, 3.63) is 60.4 Å². The lowest BCUT2D eigenvalue weighted by molar-refractivity contribution is 0.628. The summed E-state index contributed by atoms with van der Waals surface area (Å²) in [4.78, 5) is 12.5. The first-order valence-electron chi connectivity index (χ1n) is 7.13. The molecule has 3 heterocycles. The normalized spacial score (nSPS) is 22.1. The predicted molar refractivity (Wildman–Crippen MR) is 86.6 cm³/mol. The number of hydrogen-bond acceptors (Lipinski definition) is 6. The van der Waals surface area contributed by atoms with Crippen molar-refractivity contribution >= 4 is 23.6 Å². The van der Waals surface area contributed by atoms with Crippen LogP contribution in [-0.2, 0) is 0 Å². The molecule has 2 aromatic rings. The molecule has 114 valence electrons. The van der Waals surface area contributed by atoms with E-state index in [4.69, 9.17) is 5.73 Å². The molecule has 1 aromatic heterocycles. The summed E-state index contributed by atoms with van der Waals surface area (Å²) in [6, 6.07) is 6.14. The highest BCUT2D eigenvalue weighted by Crippen LogP contribution is 2.36. The Balaban J connectivity index is 1.68. The summed E-state index contributed by atoms with van der Waals surface area (Å²) in [6.07, 6.45) is 8.66. The van der Waals surface area contributed by atoms with Crippen LogP contribution in [0.2, 0.25) is 0 Å². The Morgan fingerprint density at radius 1 is 1.13 bits per heavy atom. The number of hydrogen-bond donors (Lipinski definition) is 1. The van der Waals surface area contributed by atoms with Crippen LogP contribution in [0.25, 0.3) is 0 Å². The fourth-order valence-electron chi connectivity index (χ4n) is 2.82. The number of nitrogens with two attached hydrogens (primary N) is 1. The Morgan fingerprint density at radius 2 is 1.96 bits per heavy atom. The maximum atomic E-state index is 13.1. The molecule has 0 radical (unpaired) electrons. The van der Waals surface area contributed by atoms with Crippen LogP contribution in [0.5, 0.6) is 0 Å². The summed E-state index contributed by atoms with van der Waals surface area (Å²) in [5.41, 5.74) is 7.57. The summed E-state index contributed by atoms with van der Waals surface area (Å²) in [5.74, 6) is 0.846. The molecule has 0 fully saturated rings. The number of allylic oxidation sites excluding steroid dienone is 1. The second kappa shape index (κ2) is 5.28. The van der Waals surface area contributed by atoms with Crippen molar-refractivity contribution in [1.29, 1.82) is 0 Å². The van der Waals surface area contributed by atoms with Gasteiger partial charge in [0.1, 0.15) is 23.8 Å². The highest BCUT2D eigenvalue weighted by atomic mass is 19.1. The van der Waals surface area contributed by atoms with Gasteiger partial charge in [-0.2, -0.15) is 5.10 Å². The lowest BCUT2D eigenvalue weighted by Crippen LogP contribution is -2.31. The number of nitrogen functional groups attached to an aromatic ring is 1. The number of amidine groups is 1. The fourth-order valence-corrected chi connectivity index (χ4v) is 2.82. The SMILES string of the molecule is Nc1ncncc1C1C=CN=C2C1C=NN2c1ccc(F)cc1. The van der Waals surface area contributed by atoms with Crippen molar-refractivity contribution in [2.45, 2.75) is 5.92 Å². The van der Waals surface area contributed by atoms with Gasteiger partial charge in [0.2, 0.25) is 0 Å². The van der Waals surface area contributed by atoms with Gasteiger partial charge in [-0.1, -0.05) is 6.08 Å². The second-order valence-corrected chi connectivity index (χ2v) is 5.30. The average molecular weight is 308 g/mol. The third-order valence-electron chi connectivity index (χ3n) is 3.95. The molecule has 6 nitrogen and oxygen atoms in total. The molecule has 0 amide bonds. The minimum atomic E-state index is -0.286. The zero-order valence-corrected chi connectivity index (χ0v) is 12.0. The molecule has 23 heavy (non-hydrogen) atoms. The fraction of sp³-hybridized carbons (Fsp3) is 0.125. The van der Waals surface area contributed by atoms with Crippen LogP contribution in [0, 0.1) is 11.7 Å². The molecule has 7 heteroatoms. The van der Waals surface area contributed by atoms with Gasteiger partial charge in [-0.3, -0.25) is 0 Å². The minimum Gasteiger partial charge on any atom is -0.383 e. The first kappa shape index (κ1) is 13.6. The summed E-state index contributed by atoms with van der Waals surface area (Å²) in [6.45, 7) is 0. The second-order valence-electron chi connectivity index (χ2n) is 5.30. The number of anilines is 2. The smallest absolute Gasteiger partial charge is 0.139 e. The van der Waals surface area contributed by atoms with Gasteiger partial charge >= 0.3 is 0 Å². The highest BCUT2D eigenvalue weighted by Gasteiger charge is 2.36. The molecule has 1 aromatic carbocycles. The van der Waals surface area contributed by atoms with Crippen LogP contribution >= 0.6 is 0 Å². The summed E-state index contributed by atoms with van der Waals surface area (Å²) >= 11 is 0. The van der Waals surface area contributed by atoms with Crippen LogP contribution in [0.15, 0.2) is 59.2 Å². The molecule has 4 rings (SSSR count). The molecule has 0 bridgehead atoms. The molecular weight excluding hydrogens is 295 g/mol. The van der Waals surface area contributed by atoms with Crippen molar-refractivity contribution in [3.8, 4) is 0 Å². The monoisotopic (exact) mass is 308 g/mol. The first-order valence-corrected chi connectivity index (χ1v) is 7.13. The number of hydrazone groups is 1. The van der Waals surface area contributed by atoms with E-state index >= 15 is 0 Å². The summed E-state index contributed by atoms with van der Waals surface area (Å²) in [7, 11) is 0. The van der Waals surface area contributed by atoms with E-state index in [9.17, 15) is 4.39 Å². The number of halogens is 1. The number of aromatic nitrogens is 2. The van der Waals surface area contributed by atoms with E-state index in [1.54, 1.807) is 29.5 Å². The quantitative estimate of drug-likeness (QED) is 0.923. The Morgan fingerprint density at radius 3 is 2.74 bits per heavy atom. The standard InChI is InChI=1S/C16H13FN6/c17-10-1-3-11(4-2-10)23-16-14(8-22-23)12(5-6-20-16)13-7-19-9-21-15(13)18/h1-9,12,14H,(H2,18,19,21). The maximum Gasteiger partial charge on any atom is 0.139 e. The molecule has 2 aliphatic rings. The van der Waals surface area contributed by atoms with Gasteiger partial charge in [-0.15, -0.1) is 0 Å². The van der Waals surface area contributed by atoms with Gasteiger partial charge in [0.05, 0.1) is 11.6 Å². The molecule has 2 aliphatic heterocycles. The van der Waals surface area contributed by atoms with E-state index in [2.05, 4.69) is 20.1 Å². The lowest BCUT2D eigenvalue weighted by Gasteiger charge is -2.25. The Bertz CT molecular complexity index is 827. The van der Waals surface area contributed by atoms with Crippen molar-refractivity contribution in [2.75, 3.05) is 10.7 Å². The molecule has 2 N–H and O–H groups in total. The topological polar surface area (TPSA) is 79.8 Å². The third kappa shape index (κ3) is 2.26. The van der Waals surface area contributed by atoms with E-state index in [0.717, 1.165) is 17.1 Å². The Hall–Kier alpha value is -3.09. The van der Waals surface area contributed by atoms with Crippen LogP contribution in [0.4, 0.5) is 15.9 Å². The van der Waals surface area contributed by atoms with Crippen LogP contribution in [0.3, 0.4) is 0 Å². The zero-order chi connectivity index (χ0) is 15.8. The van der Waals surface area contributed by atoms with E-state index in [0.29, 0.717) is 5.82 Å². The number of rotatable bonds is 2. The van der Waals surface area contributed by atoms with Gasteiger partial charge in [0, 0.05) is 30.1 Å². The Kier molecular flexibility index (Phi) is 3.11. The zero-order valence-electron chi connectivity index (χ0n) is 12.0. The molecule has 2 unspecified atom stereocenters. The predicted octanol–water partition coefficient (Wildman–Crippen LogP) is 2.33. The molecule has 2 atom stereocenters. The van der Waals surface area contributed by atoms with Crippen LogP contribution < -0.4 is 10.7 Å². The minimum absolute atomic E-state index is 0.0297. The van der Waals surface area contributed by atoms with Crippen molar-refractivity contribution in [3.63, 3.8) is 0 Å². The Labute approximate surface area is 131 Å². The number of benzene rings is 1.